The fraction of sp³-hybridized carbons (Fsp3) is 0.818. The van der Waals surface area contributed by atoms with Crippen LogP contribution < -0.4 is 11.1 Å². The molecule has 0 radical (unpaired) electrons. The summed E-state index contributed by atoms with van der Waals surface area (Å²) in [6.07, 6.45) is 4.07. The van der Waals surface area contributed by atoms with Crippen molar-refractivity contribution < 1.29 is 9.53 Å². The lowest BCUT2D eigenvalue weighted by Gasteiger charge is -2.40. The second-order valence-corrected chi connectivity index (χ2v) is 5.08. The number of hydrogen-bond donors (Lipinski definition) is 2. The number of nitrogens with one attached hydrogen (secondary N) is 1. The Morgan fingerprint density at radius 3 is 2.62 bits per heavy atom. The Hall–Kier alpha value is -0.680. The third kappa shape index (κ3) is 3.72. The van der Waals surface area contributed by atoms with E-state index in [1.54, 1.807) is 7.11 Å². The third-order valence-corrected chi connectivity index (χ3v) is 3.26. The zero-order chi connectivity index (χ0) is 12.2. The molecule has 1 saturated carbocycles. The molecule has 1 amide bonds. The number of ether oxygens (including phenoxy) is 1. The van der Waals surface area contributed by atoms with Crippen molar-refractivity contribution in [3.63, 3.8) is 0 Å². The molecule has 4 nitrogen and oxygen atoms in total. The summed E-state index contributed by atoms with van der Waals surface area (Å²) >= 11 is 4.79. The molecule has 1 aliphatic rings. The van der Waals surface area contributed by atoms with Gasteiger partial charge in [0.25, 0.3) is 0 Å². The zero-order valence-electron chi connectivity index (χ0n) is 9.91. The van der Waals surface area contributed by atoms with Gasteiger partial charge in [-0.1, -0.05) is 12.2 Å². The molecule has 0 aromatic heterocycles. The van der Waals surface area contributed by atoms with Gasteiger partial charge < -0.3 is 15.8 Å². The number of carbonyl (C=O) groups is 1. The molecule has 1 atom stereocenters. The third-order valence-electron chi connectivity index (χ3n) is 3.10. The molecular formula is C11H20N2O2S. The molecule has 1 unspecified atom stereocenters. The highest BCUT2D eigenvalue weighted by Gasteiger charge is 2.39. The van der Waals surface area contributed by atoms with Gasteiger partial charge in [-0.15, -0.1) is 0 Å². The molecule has 3 N–H and O–H groups in total. The molecule has 0 aromatic carbocycles. The van der Waals surface area contributed by atoms with Crippen LogP contribution in [-0.4, -0.2) is 29.6 Å². The number of nitrogens with two attached hydrogens (primary N) is 1. The standard InChI is InChI=1S/C11H20N2O2S/c1-8(6-9(12)16)13-10(14)7-11(15-2)4-3-5-11/h8H,3-7H2,1-2H3,(H2,12,16)(H,13,14). The number of amides is 1. The van der Waals surface area contributed by atoms with Crippen LogP contribution in [0.3, 0.4) is 0 Å². The minimum atomic E-state index is -0.215. The Kier molecular flexibility index (Phi) is 4.68. The fourth-order valence-electron chi connectivity index (χ4n) is 2.00. The normalized spacial score (nSPS) is 19.6. The number of methoxy groups -OCH3 is 1. The average molecular weight is 244 g/mol. The lowest BCUT2D eigenvalue weighted by molar-refractivity contribution is -0.134. The number of hydrogen-bond acceptors (Lipinski definition) is 3. The highest BCUT2D eigenvalue weighted by Crippen LogP contribution is 2.37. The van der Waals surface area contributed by atoms with Gasteiger partial charge in [0.1, 0.15) is 0 Å². The van der Waals surface area contributed by atoms with Gasteiger partial charge in [-0.05, 0) is 26.2 Å². The zero-order valence-corrected chi connectivity index (χ0v) is 10.7. The first-order valence-corrected chi connectivity index (χ1v) is 6.01. The van der Waals surface area contributed by atoms with Crippen molar-refractivity contribution in [1.29, 1.82) is 0 Å². The van der Waals surface area contributed by atoms with Gasteiger partial charge in [0.2, 0.25) is 5.91 Å². The van der Waals surface area contributed by atoms with E-state index in [2.05, 4.69) is 5.32 Å². The molecule has 0 spiro atoms. The van der Waals surface area contributed by atoms with Crippen molar-refractivity contribution in [1.82, 2.24) is 5.32 Å². The lowest BCUT2D eigenvalue weighted by Crippen LogP contribution is -2.45. The molecule has 0 bridgehead atoms. The largest absolute Gasteiger partial charge is 0.393 e. The number of rotatable bonds is 6. The van der Waals surface area contributed by atoms with E-state index in [1.807, 2.05) is 6.92 Å². The van der Waals surface area contributed by atoms with Gasteiger partial charge in [0.15, 0.2) is 0 Å². The molecular weight excluding hydrogens is 224 g/mol. The molecule has 1 fully saturated rings. The summed E-state index contributed by atoms with van der Waals surface area (Å²) in [7, 11) is 1.67. The lowest BCUT2D eigenvalue weighted by atomic mass is 9.77. The molecule has 92 valence electrons. The minimum absolute atomic E-state index is 0.000942. The van der Waals surface area contributed by atoms with Gasteiger partial charge >= 0.3 is 0 Å². The maximum Gasteiger partial charge on any atom is 0.223 e. The maximum absolute atomic E-state index is 11.7. The predicted octanol–water partition coefficient (Wildman–Crippen LogP) is 1.13. The van der Waals surface area contributed by atoms with Crippen LogP contribution >= 0.6 is 12.2 Å². The van der Waals surface area contributed by atoms with E-state index in [0.29, 0.717) is 17.8 Å². The van der Waals surface area contributed by atoms with E-state index >= 15 is 0 Å². The molecule has 1 aliphatic carbocycles. The van der Waals surface area contributed by atoms with Gasteiger partial charge in [0.05, 0.1) is 17.0 Å². The molecule has 0 saturated heterocycles. The fourth-order valence-corrected chi connectivity index (χ4v) is 2.25. The van der Waals surface area contributed by atoms with Crippen LogP contribution in [-0.2, 0) is 9.53 Å². The Morgan fingerprint density at radius 2 is 2.25 bits per heavy atom. The summed E-state index contributed by atoms with van der Waals surface area (Å²) in [6.45, 7) is 1.90. The summed E-state index contributed by atoms with van der Waals surface area (Å²) < 4.78 is 5.40. The van der Waals surface area contributed by atoms with Crippen LogP contribution in [0.25, 0.3) is 0 Å². The maximum atomic E-state index is 11.7. The van der Waals surface area contributed by atoms with E-state index in [0.717, 1.165) is 19.3 Å². The first-order chi connectivity index (χ1) is 7.47. The first kappa shape index (κ1) is 13.4. The molecule has 16 heavy (non-hydrogen) atoms. The first-order valence-electron chi connectivity index (χ1n) is 5.60. The number of carbonyl (C=O) groups excluding carboxylic acids is 1. The Balaban J connectivity index is 2.32. The summed E-state index contributed by atoms with van der Waals surface area (Å²) in [4.78, 5) is 12.2. The van der Waals surface area contributed by atoms with Crippen molar-refractivity contribution in [2.24, 2.45) is 5.73 Å². The van der Waals surface area contributed by atoms with Crippen LogP contribution in [0, 0.1) is 0 Å². The smallest absolute Gasteiger partial charge is 0.223 e. The SMILES string of the molecule is COC1(CC(=O)NC(C)CC(N)=S)CCC1. The quantitative estimate of drug-likeness (QED) is 0.687. The topological polar surface area (TPSA) is 64.3 Å². The monoisotopic (exact) mass is 244 g/mol. The van der Waals surface area contributed by atoms with Crippen molar-refractivity contribution in [2.75, 3.05) is 7.11 Å². The predicted molar refractivity (Wildman–Crippen MR) is 67.2 cm³/mol. The summed E-state index contributed by atoms with van der Waals surface area (Å²) in [5.74, 6) is 0.0188. The molecule has 1 rings (SSSR count). The second-order valence-electron chi connectivity index (χ2n) is 4.56. The Morgan fingerprint density at radius 1 is 1.62 bits per heavy atom. The molecule has 0 aliphatic heterocycles. The van der Waals surface area contributed by atoms with Crippen LogP contribution in [0.15, 0.2) is 0 Å². The summed E-state index contributed by atoms with van der Waals surface area (Å²) in [5.41, 5.74) is 5.20. The molecule has 5 heteroatoms. The highest BCUT2D eigenvalue weighted by atomic mass is 32.1. The van der Waals surface area contributed by atoms with Crippen molar-refractivity contribution in [3.05, 3.63) is 0 Å². The van der Waals surface area contributed by atoms with E-state index < -0.39 is 0 Å². The molecule has 0 aromatic rings. The Labute approximate surface area is 102 Å². The Bertz CT molecular complexity index is 272. The van der Waals surface area contributed by atoms with Crippen LogP contribution in [0.2, 0.25) is 0 Å². The number of thiocarbonyl (C=S) groups is 1. The van der Waals surface area contributed by atoms with Gasteiger partial charge in [-0.2, -0.15) is 0 Å². The summed E-state index contributed by atoms with van der Waals surface area (Å²) in [5, 5.41) is 2.88. The van der Waals surface area contributed by atoms with E-state index in [9.17, 15) is 4.79 Å². The van der Waals surface area contributed by atoms with Gasteiger partial charge in [0, 0.05) is 19.6 Å². The van der Waals surface area contributed by atoms with Crippen LogP contribution in [0.1, 0.15) is 39.0 Å². The van der Waals surface area contributed by atoms with Crippen LogP contribution in [0.5, 0.6) is 0 Å². The average Bonchev–Trinajstić information content (AvgIpc) is 2.09. The van der Waals surface area contributed by atoms with E-state index in [4.69, 9.17) is 22.7 Å². The second kappa shape index (κ2) is 5.59. The minimum Gasteiger partial charge on any atom is -0.393 e. The van der Waals surface area contributed by atoms with Gasteiger partial charge in [-0.25, -0.2) is 0 Å². The van der Waals surface area contributed by atoms with Crippen LogP contribution in [0.4, 0.5) is 0 Å². The van der Waals surface area contributed by atoms with E-state index in [-0.39, 0.29) is 17.6 Å². The van der Waals surface area contributed by atoms with E-state index in [1.165, 1.54) is 0 Å². The van der Waals surface area contributed by atoms with Crippen molar-refractivity contribution in [3.8, 4) is 0 Å². The van der Waals surface area contributed by atoms with Crippen molar-refractivity contribution in [2.45, 2.75) is 50.7 Å². The van der Waals surface area contributed by atoms with Crippen molar-refractivity contribution >= 4 is 23.1 Å². The summed E-state index contributed by atoms with van der Waals surface area (Å²) in [6, 6.07) is -0.000942. The highest BCUT2D eigenvalue weighted by molar-refractivity contribution is 7.80. The van der Waals surface area contributed by atoms with Gasteiger partial charge in [-0.3, -0.25) is 4.79 Å². The molecule has 0 heterocycles.